The van der Waals surface area contributed by atoms with E-state index in [0.29, 0.717) is 34.2 Å². The van der Waals surface area contributed by atoms with E-state index >= 15 is 0 Å². The van der Waals surface area contributed by atoms with Gasteiger partial charge >= 0.3 is 0 Å². The first-order valence-electron chi connectivity index (χ1n) is 10.5. The molecule has 0 aromatic heterocycles. The number of amides is 2. The predicted molar refractivity (Wildman–Crippen MR) is 127 cm³/mol. The van der Waals surface area contributed by atoms with Crippen LogP contribution in [0.15, 0.2) is 72.8 Å². The molecule has 0 aliphatic carbocycles. The van der Waals surface area contributed by atoms with E-state index < -0.39 is 11.9 Å². The highest BCUT2D eigenvalue weighted by Gasteiger charge is 2.22. The number of fused-ring (bicyclic) bond motifs is 1. The van der Waals surface area contributed by atoms with Crippen molar-refractivity contribution in [1.82, 2.24) is 5.32 Å². The molecule has 174 valence electrons. The number of nitrogens with one attached hydrogen (secondary N) is 2. The molecule has 2 N–H and O–H groups in total. The maximum Gasteiger partial charge on any atom is 0.251 e. The zero-order valence-electron chi connectivity index (χ0n) is 18.7. The summed E-state index contributed by atoms with van der Waals surface area (Å²) in [5.41, 5.74) is 1.95. The first-order chi connectivity index (χ1) is 16.6. The van der Waals surface area contributed by atoms with Crippen molar-refractivity contribution in [2.45, 2.75) is 6.04 Å². The van der Waals surface area contributed by atoms with Crippen molar-refractivity contribution in [2.24, 2.45) is 0 Å². The summed E-state index contributed by atoms with van der Waals surface area (Å²) in [7, 11) is 3.13. The highest BCUT2D eigenvalue weighted by atomic mass is 16.7. The molecule has 0 spiro atoms. The lowest BCUT2D eigenvalue weighted by Gasteiger charge is -2.18. The third-order valence-electron chi connectivity index (χ3n) is 5.18. The number of hydrogen-bond donors (Lipinski definition) is 2. The van der Waals surface area contributed by atoms with Crippen LogP contribution >= 0.6 is 0 Å². The standard InChI is InChI=1S/C26H24N2O6/c1-31-20-9-5-18(6-10-20)25(26(30)27-19-7-11-21(32-2)12-8-19)28-24(29)14-4-17-3-13-22-23(15-17)34-16-33-22/h3-15,25H,16H2,1-2H3,(H,27,30)(H,28,29)/b14-4-/t25-/m1/s1. The van der Waals surface area contributed by atoms with Gasteiger partial charge in [0.2, 0.25) is 12.7 Å². The van der Waals surface area contributed by atoms with Crippen LogP contribution in [0.25, 0.3) is 6.08 Å². The number of anilines is 1. The molecule has 0 bridgehead atoms. The molecule has 0 unspecified atom stereocenters. The van der Waals surface area contributed by atoms with Crippen molar-refractivity contribution >= 4 is 23.6 Å². The van der Waals surface area contributed by atoms with Crippen molar-refractivity contribution < 1.29 is 28.5 Å². The largest absolute Gasteiger partial charge is 0.497 e. The van der Waals surface area contributed by atoms with Crippen LogP contribution in [0.3, 0.4) is 0 Å². The fraction of sp³-hybridized carbons (Fsp3) is 0.154. The molecule has 1 atom stereocenters. The summed E-state index contributed by atoms with van der Waals surface area (Å²) in [4.78, 5) is 25.8. The minimum atomic E-state index is -0.929. The van der Waals surface area contributed by atoms with Gasteiger partial charge in [0.1, 0.15) is 17.5 Å². The van der Waals surface area contributed by atoms with Gasteiger partial charge in [-0.2, -0.15) is 0 Å². The van der Waals surface area contributed by atoms with Gasteiger partial charge in [0.15, 0.2) is 11.5 Å². The first-order valence-corrected chi connectivity index (χ1v) is 10.5. The molecular formula is C26H24N2O6. The SMILES string of the molecule is COc1ccc(NC(=O)[C@H](NC(=O)/C=C\c2ccc3c(c2)OCO3)c2ccc(OC)cc2)cc1. The minimum Gasteiger partial charge on any atom is -0.497 e. The topological polar surface area (TPSA) is 95.1 Å². The number of methoxy groups -OCH3 is 2. The molecule has 4 rings (SSSR count). The smallest absolute Gasteiger partial charge is 0.251 e. The van der Waals surface area contributed by atoms with E-state index in [1.165, 1.54) is 6.08 Å². The molecule has 1 aliphatic heterocycles. The van der Waals surface area contributed by atoms with Gasteiger partial charge < -0.3 is 29.6 Å². The molecule has 3 aromatic carbocycles. The lowest BCUT2D eigenvalue weighted by atomic mass is 10.1. The first kappa shape index (κ1) is 22.7. The van der Waals surface area contributed by atoms with Crippen molar-refractivity contribution in [1.29, 1.82) is 0 Å². The fourth-order valence-corrected chi connectivity index (χ4v) is 3.36. The van der Waals surface area contributed by atoms with Gasteiger partial charge in [-0.25, -0.2) is 0 Å². The Morgan fingerprint density at radius 3 is 2.21 bits per heavy atom. The second kappa shape index (κ2) is 10.4. The van der Waals surface area contributed by atoms with E-state index in [0.717, 1.165) is 5.56 Å². The maximum absolute atomic E-state index is 13.1. The van der Waals surface area contributed by atoms with Crippen LogP contribution in [0.1, 0.15) is 17.2 Å². The third kappa shape index (κ3) is 5.47. The summed E-state index contributed by atoms with van der Waals surface area (Å²) in [6.45, 7) is 0.176. The Labute approximate surface area is 197 Å². The molecule has 34 heavy (non-hydrogen) atoms. The minimum absolute atomic E-state index is 0.176. The number of hydrogen-bond acceptors (Lipinski definition) is 6. The van der Waals surface area contributed by atoms with Gasteiger partial charge in [0.25, 0.3) is 5.91 Å². The second-order valence-corrected chi connectivity index (χ2v) is 7.38. The Bertz CT molecular complexity index is 1190. The van der Waals surface area contributed by atoms with Crippen LogP contribution in [0.5, 0.6) is 23.0 Å². The molecule has 1 aliphatic rings. The summed E-state index contributed by atoms with van der Waals surface area (Å²) in [5.74, 6) is 1.79. The third-order valence-corrected chi connectivity index (χ3v) is 5.18. The van der Waals surface area contributed by atoms with Crippen molar-refractivity contribution in [3.05, 3.63) is 83.9 Å². The average Bonchev–Trinajstić information content (AvgIpc) is 3.34. The molecule has 2 amide bonds. The van der Waals surface area contributed by atoms with E-state index in [1.54, 1.807) is 81.0 Å². The monoisotopic (exact) mass is 460 g/mol. The van der Waals surface area contributed by atoms with E-state index in [4.69, 9.17) is 18.9 Å². The summed E-state index contributed by atoms with van der Waals surface area (Å²) in [6.07, 6.45) is 3.01. The summed E-state index contributed by atoms with van der Waals surface area (Å²) in [5, 5.41) is 5.61. The molecule has 0 saturated carbocycles. The highest BCUT2D eigenvalue weighted by Crippen LogP contribution is 2.32. The number of ether oxygens (including phenoxy) is 4. The van der Waals surface area contributed by atoms with Crippen LogP contribution in [0.2, 0.25) is 0 Å². The van der Waals surface area contributed by atoms with Gasteiger partial charge in [0, 0.05) is 11.8 Å². The normalized spacial score (nSPS) is 12.8. The lowest BCUT2D eigenvalue weighted by Crippen LogP contribution is -2.36. The lowest BCUT2D eigenvalue weighted by molar-refractivity contribution is -0.123. The van der Waals surface area contributed by atoms with Gasteiger partial charge in [-0.15, -0.1) is 0 Å². The highest BCUT2D eigenvalue weighted by molar-refractivity contribution is 6.00. The van der Waals surface area contributed by atoms with Gasteiger partial charge in [-0.05, 0) is 65.7 Å². The van der Waals surface area contributed by atoms with E-state index in [-0.39, 0.29) is 12.7 Å². The van der Waals surface area contributed by atoms with Gasteiger partial charge in [0.05, 0.1) is 14.2 Å². The van der Waals surface area contributed by atoms with Crippen LogP contribution < -0.4 is 29.6 Å². The van der Waals surface area contributed by atoms with Crippen molar-refractivity contribution in [3.8, 4) is 23.0 Å². The fourth-order valence-electron chi connectivity index (χ4n) is 3.36. The van der Waals surface area contributed by atoms with Gasteiger partial charge in [-0.3, -0.25) is 9.59 Å². The van der Waals surface area contributed by atoms with Crippen LogP contribution in [-0.2, 0) is 9.59 Å². The number of carbonyl (C=O) groups is 2. The molecule has 8 heteroatoms. The summed E-state index contributed by atoms with van der Waals surface area (Å²) in [6, 6.07) is 18.3. The molecule has 3 aromatic rings. The number of rotatable bonds is 8. The average molecular weight is 460 g/mol. The second-order valence-electron chi connectivity index (χ2n) is 7.38. The van der Waals surface area contributed by atoms with Crippen molar-refractivity contribution in [2.75, 3.05) is 26.3 Å². The molecule has 1 heterocycles. The zero-order chi connectivity index (χ0) is 23.9. The molecular weight excluding hydrogens is 436 g/mol. The summed E-state index contributed by atoms with van der Waals surface area (Å²) >= 11 is 0. The van der Waals surface area contributed by atoms with Gasteiger partial charge in [-0.1, -0.05) is 18.2 Å². The van der Waals surface area contributed by atoms with E-state index in [2.05, 4.69) is 10.6 Å². The Hall–Kier alpha value is -4.46. The maximum atomic E-state index is 13.1. The van der Waals surface area contributed by atoms with E-state index in [9.17, 15) is 9.59 Å². The molecule has 8 nitrogen and oxygen atoms in total. The Morgan fingerprint density at radius 2 is 1.53 bits per heavy atom. The molecule has 0 fully saturated rings. The zero-order valence-corrected chi connectivity index (χ0v) is 18.7. The predicted octanol–water partition coefficient (Wildman–Crippen LogP) is 3.94. The Kier molecular flexibility index (Phi) is 6.98. The molecule has 0 radical (unpaired) electrons. The van der Waals surface area contributed by atoms with Crippen LogP contribution in [-0.4, -0.2) is 32.8 Å². The van der Waals surface area contributed by atoms with Crippen LogP contribution in [0, 0.1) is 0 Å². The number of carbonyl (C=O) groups excluding carboxylic acids is 2. The quantitative estimate of drug-likeness (QED) is 0.495. The molecule has 0 saturated heterocycles. The number of benzene rings is 3. The summed E-state index contributed by atoms with van der Waals surface area (Å²) < 4.78 is 21.0. The Morgan fingerprint density at radius 1 is 0.882 bits per heavy atom. The van der Waals surface area contributed by atoms with E-state index in [1.807, 2.05) is 6.07 Å². The van der Waals surface area contributed by atoms with Crippen molar-refractivity contribution in [3.63, 3.8) is 0 Å². The Balaban J connectivity index is 1.50. The van der Waals surface area contributed by atoms with Crippen LogP contribution in [0.4, 0.5) is 5.69 Å².